The number of carbonyl (C=O) groups is 1. The van der Waals surface area contributed by atoms with Crippen LogP contribution in [0.2, 0.25) is 0 Å². The second kappa shape index (κ2) is 5.03. The summed E-state index contributed by atoms with van der Waals surface area (Å²) in [6.07, 6.45) is 1.48. The maximum atomic E-state index is 12.5. The molecule has 0 radical (unpaired) electrons. The van der Waals surface area contributed by atoms with E-state index in [1.165, 1.54) is 6.26 Å². The van der Waals surface area contributed by atoms with Crippen molar-refractivity contribution in [2.45, 2.75) is 6.04 Å². The van der Waals surface area contributed by atoms with Crippen molar-refractivity contribution >= 4 is 16.9 Å². The second-order valence-corrected chi connectivity index (χ2v) is 4.56. The van der Waals surface area contributed by atoms with Crippen LogP contribution in [0.4, 0.5) is 0 Å². The van der Waals surface area contributed by atoms with Gasteiger partial charge in [0.05, 0.1) is 31.4 Å². The van der Waals surface area contributed by atoms with Gasteiger partial charge in [0, 0.05) is 11.9 Å². The molecule has 1 fully saturated rings. The first-order chi connectivity index (χ1) is 9.31. The van der Waals surface area contributed by atoms with E-state index in [-0.39, 0.29) is 18.6 Å². The average molecular weight is 261 g/mol. The van der Waals surface area contributed by atoms with Crippen molar-refractivity contribution in [3.8, 4) is 0 Å². The van der Waals surface area contributed by atoms with E-state index >= 15 is 0 Å². The first kappa shape index (κ1) is 12.2. The third-order valence-corrected chi connectivity index (χ3v) is 3.41. The molecule has 0 saturated carbocycles. The van der Waals surface area contributed by atoms with E-state index in [9.17, 15) is 9.90 Å². The number of nitrogens with zero attached hydrogens (tertiary/aromatic N) is 1. The molecule has 1 aromatic carbocycles. The molecule has 1 N–H and O–H groups in total. The lowest BCUT2D eigenvalue weighted by Crippen LogP contribution is -2.50. The van der Waals surface area contributed by atoms with Gasteiger partial charge in [0.1, 0.15) is 11.8 Å². The Kier molecular flexibility index (Phi) is 3.23. The van der Waals surface area contributed by atoms with Crippen LogP contribution in [0.1, 0.15) is 10.4 Å². The van der Waals surface area contributed by atoms with Gasteiger partial charge in [-0.1, -0.05) is 18.2 Å². The number of hydrogen-bond acceptors (Lipinski definition) is 4. The molecule has 19 heavy (non-hydrogen) atoms. The van der Waals surface area contributed by atoms with Crippen molar-refractivity contribution < 1.29 is 19.1 Å². The number of amides is 1. The number of fused-ring (bicyclic) bond motifs is 1. The summed E-state index contributed by atoms with van der Waals surface area (Å²) in [5, 5.41) is 10.1. The van der Waals surface area contributed by atoms with Crippen LogP contribution in [0.25, 0.3) is 11.0 Å². The van der Waals surface area contributed by atoms with Gasteiger partial charge in [0.25, 0.3) is 5.91 Å². The molecule has 100 valence electrons. The van der Waals surface area contributed by atoms with Crippen molar-refractivity contribution in [3.63, 3.8) is 0 Å². The Labute approximate surface area is 110 Å². The van der Waals surface area contributed by atoms with Gasteiger partial charge in [-0.25, -0.2) is 0 Å². The number of benzene rings is 1. The number of morpholine rings is 1. The quantitative estimate of drug-likeness (QED) is 0.884. The van der Waals surface area contributed by atoms with Gasteiger partial charge in [0.15, 0.2) is 0 Å². The summed E-state index contributed by atoms with van der Waals surface area (Å²) in [5.74, 6) is -0.118. The smallest absolute Gasteiger partial charge is 0.258 e. The van der Waals surface area contributed by atoms with Crippen LogP contribution in [0.5, 0.6) is 0 Å². The first-order valence-electron chi connectivity index (χ1n) is 6.27. The van der Waals surface area contributed by atoms with Gasteiger partial charge in [-0.3, -0.25) is 4.79 Å². The van der Waals surface area contributed by atoms with E-state index in [1.807, 2.05) is 24.3 Å². The van der Waals surface area contributed by atoms with E-state index in [2.05, 4.69) is 0 Å². The fourth-order valence-corrected chi connectivity index (χ4v) is 2.37. The number of para-hydroxylation sites is 1. The molecule has 1 aromatic heterocycles. The molecule has 0 bridgehead atoms. The summed E-state index contributed by atoms with van der Waals surface area (Å²) < 4.78 is 10.7. The normalized spacial score (nSPS) is 19.8. The largest absolute Gasteiger partial charge is 0.463 e. The van der Waals surface area contributed by atoms with Crippen LogP contribution in [0.15, 0.2) is 34.9 Å². The van der Waals surface area contributed by atoms with Crippen LogP contribution in [-0.2, 0) is 4.74 Å². The van der Waals surface area contributed by atoms with Crippen LogP contribution < -0.4 is 0 Å². The first-order valence-corrected chi connectivity index (χ1v) is 6.27. The van der Waals surface area contributed by atoms with Gasteiger partial charge in [-0.2, -0.15) is 0 Å². The van der Waals surface area contributed by atoms with Crippen molar-refractivity contribution in [1.29, 1.82) is 0 Å². The van der Waals surface area contributed by atoms with E-state index in [0.717, 1.165) is 5.39 Å². The highest BCUT2D eigenvalue weighted by Crippen LogP contribution is 2.23. The lowest BCUT2D eigenvalue weighted by molar-refractivity contribution is -0.0183. The fraction of sp³-hybridized carbons (Fsp3) is 0.357. The highest BCUT2D eigenvalue weighted by atomic mass is 16.5. The van der Waals surface area contributed by atoms with Crippen molar-refractivity contribution in [1.82, 2.24) is 4.90 Å². The minimum absolute atomic E-state index is 0.0957. The van der Waals surface area contributed by atoms with Crippen molar-refractivity contribution in [3.05, 3.63) is 36.1 Å². The summed E-state index contributed by atoms with van der Waals surface area (Å²) in [7, 11) is 0. The van der Waals surface area contributed by atoms with E-state index in [1.54, 1.807) is 4.90 Å². The number of ether oxygens (including phenoxy) is 1. The van der Waals surface area contributed by atoms with E-state index < -0.39 is 0 Å². The van der Waals surface area contributed by atoms with Gasteiger partial charge in [-0.05, 0) is 6.07 Å². The molecular weight excluding hydrogens is 246 g/mol. The lowest BCUT2D eigenvalue weighted by Gasteiger charge is -2.34. The van der Waals surface area contributed by atoms with Crippen LogP contribution in [-0.4, -0.2) is 48.3 Å². The zero-order valence-corrected chi connectivity index (χ0v) is 10.4. The molecule has 2 aromatic rings. The predicted octanol–water partition coefficient (Wildman–Crippen LogP) is 1.27. The Balaban J connectivity index is 1.94. The molecule has 5 heteroatoms. The number of aliphatic hydroxyl groups is 1. The van der Waals surface area contributed by atoms with Gasteiger partial charge in [0.2, 0.25) is 0 Å². The monoisotopic (exact) mass is 261 g/mol. The summed E-state index contributed by atoms with van der Waals surface area (Å²) in [6, 6.07) is 7.15. The predicted molar refractivity (Wildman–Crippen MR) is 68.9 cm³/mol. The Hall–Kier alpha value is -1.85. The summed E-state index contributed by atoms with van der Waals surface area (Å²) >= 11 is 0. The molecular formula is C14H15NO4. The highest BCUT2D eigenvalue weighted by molar-refractivity contribution is 6.06. The number of hydrogen-bond donors (Lipinski definition) is 1. The number of carbonyl (C=O) groups excluding carboxylic acids is 1. The summed E-state index contributed by atoms with van der Waals surface area (Å²) in [5.41, 5.74) is 1.23. The average Bonchev–Trinajstić information content (AvgIpc) is 2.90. The van der Waals surface area contributed by atoms with Gasteiger partial charge in [-0.15, -0.1) is 0 Å². The molecule has 3 rings (SSSR count). The molecule has 1 amide bonds. The van der Waals surface area contributed by atoms with Gasteiger partial charge >= 0.3 is 0 Å². The summed E-state index contributed by atoms with van der Waals surface area (Å²) in [6.45, 7) is 1.27. The molecule has 0 aliphatic carbocycles. The molecule has 1 atom stereocenters. The zero-order valence-electron chi connectivity index (χ0n) is 10.4. The van der Waals surface area contributed by atoms with Crippen LogP contribution in [0.3, 0.4) is 0 Å². The molecule has 0 spiro atoms. The highest BCUT2D eigenvalue weighted by Gasteiger charge is 2.29. The number of aliphatic hydroxyl groups excluding tert-OH is 1. The molecule has 1 aliphatic heterocycles. The Morgan fingerprint density at radius 3 is 3.11 bits per heavy atom. The molecule has 1 saturated heterocycles. The maximum absolute atomic E-state index is 12.5. The van der Waals surface area contributed by atoms with Crippen LogP contribution >= 0.6 is 0 Å². The third-order valence-electron chi connectivity index (χ3n) is 3.41. The molecule has 2 heterocycles. The number of rotatable bonds is 2. The van der Waals surface area contributed by atoms with Crippen molar-refractivity contribution in [2.75, 3.05) is 26.4 Å². The summed E-state index contributed by atoms with van der Waals surface area (Å²) in [4.78, 5) is 14.2. The Morgan fingerprint density at radius 1 is 1.42 bits per heavy atom. The van der Waals surface area contributed by atoms with E-state index in [0.29, 0.717) is 30.9 Å². The Bertz CT molecular complexity index is 592. The third kappa shape index (κ3) is 2.11. The van der Waals surface area contributed by atoms with Gasteiger partial charge < -0.3 is 19.2 Å². The van der Waals surface area contributed by atoms with E-state index in [4.69, 9.17) is 9.15 Å². The lowest BCUT2D eigenvalue weighted by atomic mass is 10.1. The molecule has 1 aliphatic rings. The minimum atomic E-state index is -0.282. The maximum Gasteiger partial charge on any atom is 0.258 e. The fourth-order valence-electron chi connectivity index (χ4n) is 2.37. The number of furan rings is 1. The molecule has 5 nitrogen and oxygen atoms in total. The minimum Gasteiger partial charge on any atom is -0.463 e. The molecule has 1 unspecified atom stereocenters. The second-order valence-electron chi connectivity index (χ2n) is 4.56. The Morgan fingerprint density at radius 2 is 2.26 bits per heavy atom. The van der Waals surface area contributed by atoms with Crippen LogP contribution in [0, 0.1) is 0 Å². The topological polar surface area (TPSA) is 62.9 Å². The standard InChI is InChI=1S/C14H15NO4/c16-7-10-8-18-6-5-15(10)14(17)12-9-19-13-4-2-1-3-11(12)13/h1-4,9-10,16H,5-8H2. The van der Waals surface area contributed by atoms with Crippen molar-refractivity contribution in [2.24, 2.45) is 0 Å². The zero-order chi connectivity index (χ0) is 13.2. The SMILES string of the molecule is O=C(c1coc2ccccc12)N1CCOCC1CO.